The van der Waals surface area contributed by atoms with Crippen LogP contribution < -0.4 is 5.73 Å². The van der Waals surface area contributed by atoms with E-state index in [0.29, 0.717) is 12.1 Å². The minimum atomic E-state index is -0.915. The fraction of sp³-hybridized carbons (Fsp3) is 0.500. The molecule has 2 N–H and O–H groups in total. The second-order valence-corrected chi connectivity index (χ2v) is 4.52. The van der Waals surface area contributed by atoms with Gasteiger partial charge in [-0.05, 0) is 5.92 Å². The van der Waals surface area contributed by atoms with E-state index in [4.69, 9.17) is 5.73 Å². The molecule has 0 fully saturated rings. The van der Waals surface area contributed by atoms with Gasteiger partial charge in [0.15, 0.2) is 0 Å². The summed E-state index contributed by atoms with van der Waals surface area (Å²) in [6.07, 6.45) is 0. The first-order valence-corrected chi connectivity index (χ1v) is 5.18. The smallest absolute Gasteiger partial charge is 0.132 e. The summed E-state index contributed by atoms with van der Waals surface area (Å²) >= 11 is 0. The van der Waals surface area contributed by atoms with Gasteiger partial charge in [0.25, 0.3) is 0 Å². The number of benzene rings is 1. The highest BCUT2D eigenvalue weighted by atomic mass is 19.1. The fourth-order valence-electron chi connectivity index (χ4n) is 1.71. The zero-order valence-electron chi connectivity index (χ0n) is 9.65. The van der Waals surface area contributed by atoms with Crippen LogP contribution in [-0.4, -0.2) is 6.54 Å². The molecule has 0 aromatic heterocycles. The minimum Gasteiger partial charge on any atom is -0.330 e. The lowest BCUT2D eigenvalue weighted by atomic mass is 9.73. The van der Waals surface area contributed by atoms with E-state index in [1.807, 2.05) is 13.8 Å². The Morgan fingerprint density at radius 3 is 1.94 bits per heavy atom. The van der Waals surface area contributed by atoms with Crippen molar-refractivity contribution in [2.75, 3.05) is 6.54 Å². The van der Waals surface area contributed by atoms with E-state index in [9.17, 15) is 13.2 Å². The lowest BCUT2D eigenvalue weighted by Gasteiger charge is -2.33. The van der Waals surface area contributed by atoms with Crippen molar-refractivity contribution in [1.82, 2.24) is 0 Å². The third kappa shape index (κ3) is 2.07. The molecule has 0 bridgehead atoms. The maximum absolute atomic E-state index is 13.6. The summed E-state index contributed by atoms with van der Waals surface area (Å²) in [6.45, 7) is 5.44. The number of hydrogen-bond donors (Lipinski definition) is 1. The molecular formula is C12H16F3N. The van der Waals surface area contributed by atoms with Crippen molar-refractivity contribution in [3.05, 3.63) is 35.1 Å². The quantitative estimate of drug-likeness (QED) is 0.850. The number of halogens is 3. The summed E-state index contributed by atoms with van der Waals surface area (Å²) in [6, 6.07) is 1.38. The van der Waals surface area contributed by atoms with Gasteiger partial charge in [-0.3, -0.25) is 0 Å². The lowest BCUT2D eigenvalue weighted by molar-refractivity contribution is 0.318. The van der Waals surface area contributed by atoms with Gasteiger partial charge < -0.3 is 5.73 Å². The highest BCUT2D eigenvalue weighted by molar-refractivity contribution is 5.30. The van der Waals surface area contributed by atoms with Gasteiger partial charge in [-0.2, -0.15) is 0 Å². The molecule has 1 aromatic rings. The minimum absolute atomic E-state index is 0.0491. The van der Waals surface area contributed by atoms with Crippen molar-refractivity contribution >= 4 is 0 Å². The maximum atomic E-state index is 13.6. The molecule has 1 nitrogen and oxygen atoms in total. The van der Waals surface area contributed by atoms with E-state index in [2.05, 4.69) is 0 Å². The van der Waals surface area contributed by atoms with Crippen LogP contribution >= 0.6 is 0 Å². The second-order valence-electron chi connectivity index (χ2n) is 4.52. The highest BCUT2D eigenvalue weighted by Crippen LogP contribution is 2.34. The van der Waals surface area contributed by atoms with Crippen LogP contribution in [0.15, 0.2) is 12.1 Å². The van der Waals surface area contributed by atoms with Crippen LogP contribution in [-0.2, 0) is 5.41 Å². The molecule has 0 amide bonds. The Labute approximate surface area is 93.5 Å². The van der Waals surface area contributed by atoms with Gasteiger partial charge >= 0.3 is 0 Å². The van der Waals surface area contributed by atoms with Gasteiger partial charge in [0, 0.05) is 29.7 Å². The number of nitrogens with two attached hydrogens (primary N) is 1. The SMILES string of the molecule is CC(C)C(C)(CN)c1c(F)cc(F)cc1F. The van der Waals surface area contributed by atoms with Crippen molar-refractivity contribution < 1.29 is 13.2 Å². The molecule has 0 aliphatic heterocycles. The fourth-order valence-corrected chi connectivity index (χ4v) is 1.71. The summed E-state index contributed by atoms with van der Waals surface area (Å²) < 4.78 is 40.0. The van der Waals surface area contributed by atoms with Crippen LogP contribution in [0.2, 0.25) is 0 Å². The predicted molar refractivity (Wildman–Crippen MR) is 57.6 cm³/mol. The van der Waals surface area contributed by atoms with E-state index in [1.165, 1.54) is 0 Å². The summed E-state index contributed by atoms with van der Waals surface area (Å²) in [4.78, 5) is 0. The summed E-state index contributed by atoms with van der Waals surface area (Å²) in [7, 11) is 0. The molecule has 0 saturated carbocycles. The van der Waals surface area contributed by atoms with Crippen LogP contribution in [0.3, 0.4) is 0 Å². The predicted octanol–water partition coefficient (Wildman–Crippen LogP) is 2.98. The molecule has 0 aliphatic rings. The molecular weight excluding hydrogens is 215 g/mol. The Morgan fingerprint density at radius 2 is 1.62 bits per heavy atom. The molecule has 4 heteroatoms. The molecule has 1 rings (SSSR count). The van der Waals surface area contributed by atoms with Crippen LogP contribution in [0, 0.1) is 23.4 Å². The van der Waals surface area contributed by atoms with Gasteiger partial charge in [0.05, 0.1) is 0 Å². The Balaban J connectivity index is 3.42. The Hall–Kier alpha value is -1.03. The van der Waals surface area contributed by atoms with Gasteiger partial charge in [-0.1, -0.05) is 20.8 Å². The normalized spacial score (nSPS) is 15.2. The third-order valence-electron chi connectivity index (χ3n) is 3.28. The van der Waals surface area contributed by atoms with E-state index in [-0.39, 0.29) is 18.0 Å². The second kappa shape index (κ2) is 4.45. The third-order valence-corrected chi connectivity index (χ3v) is 3.28. The zero-order valence-corrected chi connectivity index (χ0v) is 9.65. The Kier molecular flexibility index (Phi) is 3.63. The molecule has 0 radical (unpaired) electrons. The van der Waals surface area contributed by atoms with Crippen LogP contribution in [0.1, 0.15) is 26.3 Å². The topological polar surface area (TPSA) is 26.0 Å². The molecule has 0 aliphatic carbocycles. The molecule has 16 heavy (non-hydrogen) atoms. The van der Waals surface area contributed by atoms with Crippen molar-refractivity contribution in [1.29, 1.82) is 0 Å². The van der Waals surface area contributed by atoms with E-state index in [0.717, 1.165) is 0 Å². The van der Waals surface area contributed by atoms with Crippen LogP contribution in [0.4, 0.5) is 13.2 Å². The molecule has 90 valence electrons. The molecule has 1 unspecified atom stereocenters. The average molecular weight is 231 g/mol. The first kappa shape index (κ1) is 13.0. The van der Waals surface area contributed by atoms with E-state index >= 15 is 0 Å². The molecule has 0 spiro atoms. The Bertz CT molecular complexity index is 367. The number of rotatable bonds is 3. The number of hydrogen-bond acceptors (Lipinski definition) is 1. The monoisotopic (exact) mass is 231 g/mol. The Morgan fingerprint density at radius 1 is 1.19 bits per heavy atom. The summed E-state index contributed by atoms with van der Waals surface area (Å²) in [5.41, 5.74) is 4.62. The van der Waals surface area contributed by atoms with Crippen molar-refractivity contribution in [3.63, 3.8) is 0 Å². The first-order valence-electron chi connectivity index (χ1n) is 5.18. The van der Waals surface area contributed by atoms with E-state index in [1.54, 1.807) is 6.92 Å². The lowest BCUT2D eigenvalue weighted by Crippen LogP contribution is -2.39. The maximum Gasteiger partial charge on any atom is 0.132 e. The van der Waals surface area contributed by atoms with Gasteiger partial charge in [-0.15, -0.1) is 0 Å². The largest absolute Gasteiger partial charge is 0.330 e. The van der Waals surface area contributed by atoms with Crippen LogP contribution in [0.25, 0.3) is 0 Å². The molecule has 1 atom stereocenters. The van der Waals surface area contributed by atoms with Crippen molar-refractivity contribution in [3.8, 4) is 0 Å². The first-order chi connectivity index (χ1) is 7.32. The van der Waals surface area contributed by atoms with Crippen LogP contribution in [0.5, 0.6) is 0 Å². The van der Waals surface area contributed by atoms with Gasteiger partial charge in [0.2, 0.25) is 0 Å². The standard InChI is InChI=1S/C12H16F3N/c1-7(2)12(3,6-16)11-9(14)4-8(13)5-10(11)15/h4-5,7H,6,16H2,1-3H3. The van der Waals surface area contributed by atoms with E-state index < -0.39 is 22.9 Å². The molecule has 1 aromatic carbocycles. The highest BCUT2D eigenvalue weighted by Gasteiger charge is 2.34. The summed E-state index contributed by atoms with van der Waals surface area (Å²) in [5.74, 6) is -2.72. The molecule has 0 heterocycles. The zero-order chi connectivity index (χ0) is 12.5. The molecule has 0 saturated heterocycles. The van der Waals surface area contributed by atoms with Crippen molar-refractivity contribution in [2.24, 2.45) is 11.7 Å². The average Bonchev–Trinajstić information content (AvgIpc) is 2.15. The van der Waals surface area contributed by atoms with Gasteiger partial charge in [0.1, 0.15) is 17.5 Å². The van der Waals surface area contributed by atoms with Gasteiger partial charge in [-0.25, -0.2) is 13.2 Å². The van der Waals surface area contributed by atoms with Crippen molar-refractivity contribution in [2.45, 2.75) is 26.2 Å². The summed E-state index contributed by atoms with van der Waals surface area (Å²) in [5, 5.41) is 0.